The summed E-state index contributed by atoms with van der Waals surface area (Å²) in [4.78, 5) is 0. The predicted octanol–water partition coefficient (Wildman–Crippen LogP) is 4.93. The number of ether oxygens (including phenoxy) is 1. The zero-order valence-electron chi connectivity index (χ0n) is 11.6. The van der Waals surface area contributed by atoms with E-state index in [1.165, 1.54) is 0 Å². The van der Waals surface area contributed by atoms with Crippen LogP contribution in [0.1, 0.15) is 6.92 Å². The largest absolute Gasteiger partial charge is 0.492 e. The highest BCUT2D eigenvalue weighted by Crippen LogP contribution is 2.28. The normalized spacial score (nSPS) is 10.2. The van der Waals surface area contributed by atoms with Crippen LogP contribution >= 0.6 is 28.1 Å². The molecule has 3 nitrogen and oxygen atoms in total. The molecule has 0 heterocycles. The summed E-state index contributed by atoms with van der Waals surface area (Å²) in [5.74, 6) is -0.780. The van der Waals surface area contributed by atoms with Gasteiger partial charge in [-0.05, 0) is 53.3 Å². The maximum Gasteiger partial charge on any atom is 0.175 e. The number of hydrogen-bond donors (Lipinski definition) is 2. The van der Waals surface area contributed by atoms with Crippen LogP contribution in [0.3, 0.4) is 0 Å². The molecule has 0 fully saturated rings. The molecular weight excluding hydrogens is 374 g/mol. The van der Waals surface area contributed by atoms with Crippen molar-refractivity contribution in [2.24, 2.45) is 0 Å². The van der Waals surface area contributed by atoms with Crippen LogP contribution in [-0.4, -0.2) is 11.7 Å². The molecule has 0 amide bonds. The highest BCUT2D eigenvalue weighted by molar-refractivity contribution is 9.10. The van der Waals surface area contributed by atoms with Gasteiger partial charge in [0.2, 0.25) is 0 Å². The molecular formula is C15H13BrF2N2OS. The molecule has 2 aromatic rings. The van der Waals surface area contributed by atoms with E-state index in [0.717, 1.165) is 12.1 Å². The zero-order chi connectivity index (χ0) is 16.1. The predicted molar refractivity (Wildman–Crippen MR) is 91.5 cm³/mol. The molecule has 2 aromatic carbocycles. The molecule has 0 saturated heterocycles. The van der Waals surface area contributed by atoms with Gasteiger partial charge >= 0.3 is 0 Å². The second kappa shape index (κ2) is 7.51. The fraction of sp³-hybridized carbons (Fsp3) is 0.133. The maximum atomic E-state index is 13.8. The van der Waals surface area contributed by atoms with Gasteiger partial charge in [0.15, 0.2) is 10.9 Å². The number of halogens is 3. The minimum absolute atomic E-state index is 0.0628. The first-order chi connectivity index (χ1) is 10.5. The van der Waals surface area contributed by atoms with Crippen LogP contribution in [-0.2, 0) is 0 Å². The Bertz CT molecular complexity index is 674. The lowest BCUT2D eigenvalue weighted by molar-refractivity contribution is 0.342. The number of thiocarbonyl (C=S) groups is 1. The Balaban J connectivity index is 2.14. The van der Waals surface area contributed by atoms with Gasteiger partial charge in [-0.3, -0.25) is 0 Å². The fourth-order valence-electron chi connectivity index (χ4n) is 1.78. The topological polar surface area (TPSA) is 33.3 Å². The van der Waals surface area contributed by atoms with Gasteiger partial charge in [0, 0.05) is 10.5 Å². The van der Waals surface area contributed by atoms with Gasteiger partial charge in [0.1, 0.15) is 11.6 Å². The summed E-state index contributed by atoms with van der Waals surface area (Å²) in [6.45, 7) is 2.38. The van der Waals surface area contributed by atoms with E-state index in [0.29, 0.717) is 18.0 Å². The zero-order valence-corrected chi connectivity index (χ0v) is 14.0. The van der Waals surface area contributed by atoms with E-state index in [2.05, 4.69) is 26.6 Å². The van der Waals surface area contributed by atoms with Crippen LogP contribution < -0.4 is 15.4 Å². The summed E-state index contributed by atoms with van der Waals surface area (Å²) < 4.78 is 32.5. The summed E-state index contributed by atoms with van der Waals surface area (Å²) in [5, 5.41) is 5.79. The Labute approximate surface area is 140 Å². The van der Waals surface area contributed by atoms with E-state index in [-0.39, 0.29) is 15.3 Å². The molecule has 0 aromatic heterocycles. The minimum Gasteiger partial charge on any atom is -0.492 e. The monoisotopic (exact) mass is 386 g/mol. The first-order valence-electron chi connectivity index (χ1n) is 6.45. The second-order valence-electron chi connectivity index (χ2n) is 4.25. The van der Waals surface area contributed by atoms with E-state index < -0.39 is 11.6 Å². The Morgan fingerprint density at radius 3 is 2.64 bits per heavy atom. The molecule has 0 spiro atoms. The van der Waals surface area contributed by atoms with Gasteiger partial charge in [-0.25, -0.2) is 8.78 Å². The summed E-state index contributed by atoms with van der Waals surface area (Å²) in [5.41, 5.74) is 0.716. The van der Waals surface area contributed by atoms with Crippen LogP contribution in [0.2, 0.25) is 0 Å². The van der Waals surface area contributed by atoms with Crippen molar-refractivity contribution in [3.05, 3.63) is 52.5 Å². The van der Waals surface area contributed by atoms with E-state index in [1.807, 2.05) is 19.1 Å². The summed E-state index contributed by atoms with van der Waals surface area (Å²) in [6.07, 6.45) is 0. The molecule has 2 N–H and O–H groups in total. The van der Waals surface area contributed by atoms with Crippen molar-refractivity contribution in [3.8, 4) is 5.75 Å². The van der Waals surface area contributed by atoms with Crippen LogP contribution in [0.4, 0.5) is 20.2 Å². The number of rotatable bonds is 4. The van der Waals surface area contributed by atoms with Gasteiger partial charge in [0.25, 0.3) is 0 Å². The molecule has 0 bridgehead atoms. The molecule has 0 saturated carbocycles. The van der Waals surface area contributed by atoms with Crippen molar-refractivity contribution in [2.45, 2.75) is 6.92 Å². The Morgan fingerprint density at radius 1 is 1.23 bits per heavy atom. The molecule has 0 aliphatic carbocycles. The first kappa shape index (κ1) is 16.6. The molecule has 0 radical (unpaired) electrons. The number of hydrogen-bond acceptors (Lipinski definition) is 2. The quantitative estimate of drug-likeness (QED) is 0.729. The highest BCUT2D eigenvalue weighted by Gasteiger charge is 2.12. The van der Waals surface area contributed by atoms with Crippen LogP contribution in [0.5, 0.6) is 5.75 Å². The summed E-state index contributed by atoms with van der Waals surface area (Å²) >= 11 is 8.25. The van der Waals surface area contributed by atoms with Crippen molar-refractivity contribution in [1.82, 2.24) is 0 Å². The Morgan fingerprint density at radius 2 is 1.95 bits per heavy atom. The number of benzene rings is 2. The number of nitrogens with one attached hydrogen (secondary N) is 2. The van der Waals surface area contributed by atoms with E-state index in [4.69, 9.17) is 17.0 Å². The lowest BCUT2D eigenvalue weighted by atomic mass is 10.3. The lowest BCUT2D eigenvalue weighted by Gasteiger charge is -2.15. The lowest BCUT2D eigenvalue weighted by Crippen LogP contribution is -2.20. The SMILES string of the molecule is CCOc1ccccc1NC(=S)Nc1c(F)cc(F)cc1Br. The van der Waals surface area contributed by atoms with Gasteiger partial charge < -0.3 is 15.4 Å². The van der Waals surface area contributed by atoms with Crippen LogP contribution in [0.25, 0.3) is 0 Å². The third-order valence-electron chi connectivity index (χ3n) is 2.68. The molecule has 2 rings (SSSR count). The average Bonchev–Trinajstić information content (AvgIpc) is 2.45. The van der Waals surface area contributed by atoms with Crippen molar-refractivity contribution >= 4 is 44.6 Å². The molecule has 0 atom stereocenters. The smallest absolute Gasteiger partial charge is 0.175 e. The Hall–Kier alpha value is -1.73. The number of para-hydroxylation sites is 2. The summed E-state index contributed by atoms with van der Waals surface area (Å²) in [7, 11) is 0. The van der Waals surface area contributed by atoms with Gasteiger partial charge in [-0.2, -0.15) is 0 Å². The van der Waals surface area contributed by atoms with Gasteiger partial charge in [-0.15, -0.1) is 0 Å². The standard InChI is InChI=1S/C15H13BrF2N2OS/c1-2-21-13-6-4-3-5-12(13)19-15(22)20-14-10(16)7-9(17)8-11(14)18/h3-8H,2H2,1H3,(H2,19,20,22). The van der Waals surface area contributed by atoms with Crippen LogP contribution in [0, 0.1) is 11.6 Å². The molecule has 0 aliphatic rings. The van der Waals surface area contributed by atoms with Crippen molar-refractivity contribution in [3.63, 3.8) is 0 Å². The molecule has 0 aliphatic heterocycles. The van der Waals surface area contributed by atoms with Crippen LogP contribution in [0.15, 0.2) is 40.9 Å². The molecule has 7 heteroatoms. The fourth-order valence-corrected chi connectivity index (χ4v) is 2.50. The highest BCUT2D eigenvalue weighted by atomic mass is 79.9. The van der Waals surface area contributed by atoms with E-state index >= 15 is 0 Å². The average molecular weight is 387 g/mol. The Kier molecular flexibility index (Phi) is 5.68. The number of anilines is 2. The van der Waals surface area contributed by atoms with Crippen molar-refractivity contribution < 1.29 is 13.5 Å². The van der Waals surface area contributed by atoms with Gasteiger partial charge in [0.05, 0.1) is 18.0 Å². The molecule has 22 heavy (non-hydrogen) atoms. The third-order valence-corrected chi connectivity index (χ3v) is 3.51. The molecule has 116 valence electrons. The maximum absolute atomic E-state index is 13.8. The first-order valence-corrected chi connectivity index (χ1v) is 7.65. The molecule has 0 unspecified atom stereocenters. The minimum atomic E-state index is -0.742. The third kappa shape index (κ3) is 4.14. The van der Waals surface area contributed by atoms with E-state index in [1.54, 1.807) is 12.1 Å². The van der Waals surface area contributed by atoms with Crippen molar-refractivity contribution in [1.29, 1.82) is 0 Å². The van der Waals surface area contributed by atoms with Crippen molar-refractivity contribution in [2.75, 3.05) is 17.2 Å². The second-order valence-corrected chi connectivity index (χ2v) is 5.52. The van der Waals surface area contributed by atoms with Gasteiger partial charge in [-0.1, -0.05) is 12.1 Å². The summed E-state index contributed by atoms with van der Waals surface area (Å²) in [6, 6.07) is 9.18. The van der Waals surface area contributed by atoms with E-state index in [9.17, 15) is 8.78 Å².